The van der Waals surface area contributed by atoms with E-state index in [1.165, 1.54) is 0 Å². The van der Waals surface area contributed by atoms with Crippen molar-refractivity contribution in [2.45, 2.75) is 65.0 Å². The third-order valence-corrected chi connectivity index (χ3v) is 5.81. The molecule has 1 amide bonds. The van der Waals surface area contributed by atoms with E-state index in [1.807, 2.05) is 26.8 Å². The number of aromatic nitrogens is 1. The quantitative estimate of drug-likeness (QED) is 0.681. The number of hydrogen-bond donors (Lipinski definition) is 2. The first-order valence-electron chi connectivity index (χ1n) is 11.3. The molecule has 2 N–H and O–H groups in total. The second kappa shape index (κ2) is 9.70. The fourth-order valence-corrected chi connectivity index (χ4v) is 4.18. The molecule has 1 aliphatic rings. The predicted molar refractivity (Wildman–Crippen MR) is 124 cm³/mol. The minimum absolute atomic E-state index is 0.172. The summed E-state index contributed by atoms with van der Waals surface area (Å²) in [6.07, 6.45) is 2.75. The first kappa shape index (κ1) is 23.7. The zero-order valence-corrected chi connectivity index (χ0v) is 19.4. The maximum absolute atomic E-state index is 13.4. The first-order chi connectivity index (χ1) is 15.1. The van der Waals surface area contributed by atoms with Crippen LogP contribution in [-0.2, 0) is 4.79 Å². The standard InChI is InChI=1S/C24H33N5O3/c1-5-12-29-13-10-24(16-25,11-14-29)28-21(30)18(15-23(2,3)4)26-20-17-8-6-7-9-19(17)32-22(31)27-20/h6-9,18H,5,10-15H2,1-4H3,(H,28,30)(H,26,27,31)/t18-/m0/s1. The van der Waals surface area contributed by atoms with Crippen LogP contribution in [0, 0.1) is 16.7 Å². The maximum atomic E-state index is 13.4. The summed E-state index contributed by atoms with van der Waals surface area (Å²) in [7, 11) is 0. The Bertz CT molecular complexity index is 1040. The molecule has 0 aliphatic carbocycles. The van der Waals surface area contributed by atoms with Gasteiger partial charge in [-0.15, -0.1) is 0 Å². The molecular weight excluding hydrogens is 406 g/mol. The molecule has 2 aromatic rings. The molecule has 1 aromatic carbocycles. The molecule has 0 bridgehead atoms. The number of fused-ring (bicyclic) bond motifs is 1. The van der Waals surface area contributed by atoms with Gasteiger partial charge in [0.2, 0.25) is 5.91 Å². The van der Waals surface area contributed by atoms with E-state index in [0.29, 0.717) is 36.0 Å². The third-order valence-electron chi connectivity index (χ3n) is 5.81. The third kappa shape index (κ3) is 5.86. The Morgan fingerprint density at radius 2 is 2.00 bits per heavy atom. The molecule has 8 heteroatoms. The molecule has 2 heterocycles. The van der Waals surface area contributed by atoms with Gasteiger partial charge in [-0.25, -0.2) is 4.79 Å². The SMILES string of the molecule is CCCN1CCC(C#N)(NC(=O)[C@H](CC(C)(C)C)Nc2nc(=O)oc3ccccc23)CC1. The van der Waals surface area contributed by atoms with Crippen LogP contribution in [0.4, 0.5) is 5.82 Å². The van der Waals surface area contributed by atoms with Gasteiger partial charge < -0.3 is 20.0 Å². The summed E-state index contributed by atoms with van der Waals surface area (Å²) in [5.74, 6) is -0.674. The van der Waals surface area contributed by atoms with Crippen LogP contribution in [0.5, 0.6) is 0 Å². The van der Waals surface area contributed by atoms with Crippen molar-refractivity contribution in [2.24, 2.45) is 5.41 Å². The van der Waals surface area contributed by atoms with Crippen molar-refractivity contribution in [1.29, 1.82) is 5.26 Å². The van der Waals surface area contributed by atoms with Gasteiger partial charge in [0.25, 0.3) is 0 Å². The molecule has 0 spiro atoms. The minimum atomic E-state index is -0.885. The Labute approximate surface area is 189 Å². The highest BCUT2D eigenvalue weighted by Crippen LogP contribution is 2.27. The summed E-state index contributed by atoms with van der Waals surface area (Å²) in [6.45, 7) is 10.8. The van der Waals surface area contributed by atoms with Gasteiger partial charge in [-0.1, -0.05) is 39.8 Å². The minimum Gasteiger partial charge on any atom is -0.408 e. The number of benzene rings is 1. The monoisotopic (exact) mass is 439 g/mol. The van der Waals surface area contributed by atoms with Crippen molar-refractivity contribution in [3.63, 3.8) is 0 Å². The van der Waals surface area contributed by atoms with Crippen LogP contribution in [0.1, 0.15) is 53.4 Å². The van der Waals surface area contributed by atoms with E-state index in [1.54, 1.807) is 18.2 Å². The van der Waals surface area contributed by atoms with Gasteiger partial charge in [0.1, 0.15) is 23.0 Å². The van der Waals surface area contributed by atoms with E-state index < -0.39 is 17.3 Å². The van der Waals surface area contributed by atoms with Crippen molar-refractivity contribution in [2.75, 3.05) is 25.0 Å². The van der Waals surface area contributed by atoms with Crippen molar-refractivity contribution >= 4 is 22.7 Å². The normalized spacial score (nSPS) is 17.5. The number of amides is 1. The number of nitrogens with zero attached hydrogens (tertiary/aromatic N) is 3. The van der Waals surface area contributed by atoms with E-state index >= 15 is 0 Å². The van der Waals surface area contributed by atoms with Gasteiger partial charge in [0.15, 0.2) is 0 Å². The Morgan fingerprint density at radius 1 is 1.31 bits per heavy atom. The zero-order valence-electron chi connectivity index (χ0n) is 19.4. The largest absolute Gasteiger partial charge is 0.441 e. The highest BCUT2D eigenvalue weighted by molar-refractivity contribution is 5.91. The summed E-state index contributed by atoms with van der Waals surface area (Å²) in [4.78, 5) is 31.7. The lowest BCUT2D eigenvalue weighted by atomic mass is 9.85. The first-order valence-corrected chi connectivity index (χ1v) is 11.3. The molecule has 1 fully saturated rings. The number of carbonyl (C=O) groups excluding carboxylic acids is 1. The number of anilines is 1. The van der Waals surface area contributed by atoms with Gasteiger partial charge in [-0.3, -0.25) is 4.79 Å². The molecule has 1 atom stereocenters. The molecular formula is C24H33N5O3. The van der Waals surface area contributed by atoms with E-state index in [9.17, 15) is 14.9 Å². The smallest absolute Gasteiger partial charge is 0.408 e. The van der Waals surface area contributed by atoms with E-state index in [-0.39, 0.29) is 11.3 Å². The van der Waals surface area contributed by atoms with Gasteiger partial charge in [0.05, 0.1) is 11.5 Å². The fourth-order valence-electron chi connectivity index (χ4n) is 4.18. The van der Waals surface area contributed by atoms with E-state index in [0.717, 1.165) is 26.1 Å². The predicted octanol–water partition coefficient (Wildman–Crippen LogP) is 3.29. The number of piperidine rings is 1. The highest BCUT2D eigenvalue weighted by atomic mass is 16.4. The molecule has 172 valence electrons. The lowest BCUT2D eigenvalue weighted by Gasteiger charge is -2.39. The van der Waals surface area contributed by atoms with Gasteiger partial charge >= 0.3 is 5.76 Å². The Morgan fingerprint density at radius 3 is 2.62 bits per heavy atom. The second-order valence-corrected chi connectivity index (χ2v) is 9.81. The molecule has 3 rings (SSSR count). The lowest BCUT2D eigenvalue weighted by Crippen LogP contribution is -2.57. The van der Waals surface area contributed by atoms with E-state index in [2.05, 4.69) is 33.5 Å². The van der Waals surface area contributed by atoms with Crippen LogP contribution in [0.25, 0.3) is 11.0 Å². The Kier molecular flexibility index (Phi) is 7.19. The maximum Gasteiger partial charge on any atom is 0.441 e. The number of nitrogens with one attached hydrogen (secondary N) is 2. The summed E-state index contributed by atoms with van der Waals surface area (Å²) in [5, 5.41) is 16.8. The molecule has 1 aliphatic heterocycles. The van der Waals surface area contributed by atoms with Gasteiger partial charge in [-0.2, -0.15) is 10.2 Å². The number of carbonyl (C=O) groups is 1. The van der Waals surface area contributed by atoms with Gasteiger partial charge in [-0.05, 0) is 49.8 Å². The average molecular weight is 440 g/mol. The molecule has 0 radical (unpaired) electrons. The number of hydrogen-bond acceptors (Lipinski definition) is 7. The molecule has 1 aromatic heterocycles. The Balaban J connectivity index is 1.84. The molecule has 8 nitrogen and oxygen atoms in total. The van der Waals surface area contributed by atoms with Crippen LogP contribution in [0.15, 0.2) is 33.5 Å². The van der Waals surface area contributed by atoms with Crippen molar-refractivity contribution < 1.29 is 9.21 Å². The van der Waals surface area contributed by atoms with E-state index in [4.69, 9.17) is 4.42 Å². The summed E-state index contributed by atoms with van der Waals surface area (Å²) in [6, 6.07) is 8.78. The highest BCUT2D eigenvalue weighted by Gasteiger charge is 2.38. The number of nitriles is 1. The van der Waals surface area contributed by atoms with Crippen molar-refractivity contribution in [3.8, 4) is 6.07 Å². The average Bonchev–Trinajstić information content (AvgIpc) is 2.74. The topological polar surface area (TPSA) is 111 Å². The zero-order chi connectivity index (χ0) is 23.4. The van der Waals surface area contributed by atoms with Crippen LogP contribution in [0.2, 0.25) is 0 Å². The molecule has 0 unspecified atom stereocenters. The summed E-state index contributed by atoms with van der Waals surface area (Å²) in [5.41, 5.74) is -0.652. The number of rotatable bonds is 7. The fraction of sp³-hybridized carbons (Fsp3) is 0.583. The number of likely N-dealkylation sites (tertiary alicyclic amines) is 1. The molecule has 1 saturated heterocycles. The Hall–Kier alpha value is -2.92. The number of para-hydroxylation sites is 1. The van der Waals surface area contributed by atoms with Crippen molar-refractivity contribution in [1.82, 2.24) is 15.2 Å². The molecule has 0 saturated carbocycles. The second-order valence-electron chi connectivity index (χ2n) is 9.81. The van der Waals surface area contributed by atoms with Crippen LogP contribution >= 0.6 is 0 Å². The van der Waals surface area contributed by atoms with Crippen molar-refractivity contribution in [3.05, 3.63) is 34.8 Å². The van der Waals surface area contributed by atoms with Gasteiger partial charge in [0, 0.05) is 13.1 Å². The molecule has 32 heavy (non-hydrogen) atoms. The summed E-state index contributed by atoms with van der Waals surface area (Å²) < 4.78 is 5.18. The van der Waals surface area contributed by atoms with Crippen LogP contribution < -0.4 is 16.4 Å². The lowest BCUT2D eigenvalue weighted by molar-refractivity contribution is -0.124. The summed E-state index contributed by atoms with van der Waals surface area (Å²) >= 11 is 0. The van der Waals surface area contributed by atoms with Crippen LogP contribution in [-0.4, -0.2) is 47.0 Å². The van der Waals surface area contributed by atoms with Crippen LogP contribution in [0.3, 0.4) is 0 Å².